The van der Waals surface area contributed by atoms with E-state index < -0.39 is 11.9 Å². The van der Waals surface area contributed by atoms with E-state index in [0.29, 0.717) is 11.1 Å². The number of hydrogen-bond acceptors (Lipinski definition) is 3. The normalized spacial score (nSPS) is 12.0. The van der Waals surface area contributed by atoms with Gasteiger partial charge in [0.15, 0.2) is 5.65 Å². The van der Waals surface area contributed by atoms with Gasteiger partial charge in [0.25, 0.3) is 0 Å². The van der Waals surface area contributed by atoms with Gasteiger partial charge in [-0.2, -0.15) is 18.3 Å². The lowest BCUT2D eigenvalue weighted by Gasteiger charge is -2.07. The standard InChI is InChI=1S/C12H6ClF3N4/c13-10-4-9(12(14,15)16)19-11-8(6-18-20(10)11)7-2-1-3-17-5-7/h1-6H. The molecule has 0 aromatic carbocycles. The second kappa shape index (κ2) is 4.45. The highest BCUT2D eigenvalue weighted by Gasteiger charge is 2.34. The van der Waals surface area contributed by atoms with Crippen molar-refractivity contribution >= 4 is 17.2 Å². The summed E-state index contributed by atoms with van der Waals surface area (Å²) >= 11 is 5.81. The molecule has 0 bridgehead atoms. The predicted molar refractivity (Wildman–Crippen MR) is 66.2 cm³/mol. The minimum Gasteiger partial charge on any atom is -0.264 e. The van der Waals surface area contributed by atoms with Gasteiger partial charge < -0.3 is 0 Å². The Hall–Kier alpha value is -2.15. The molecule has 0 saturated carbocycles. The Bertz CT molecular complexity index is 767. The molecule has 3 rings (SSSR count). The van der Waals surface area contributed by atoms with Gasteiger partial charge in [-0.3, -0.25) is 4.98 Å². The fourth-order valence-electron chi connectivity index (χ4n) is 1.80. The fourth-order valence-corrected chi connectivity index (χ4v) is 2.02. The summed E-state index contributed by atoms with van der Waals surface area (Å²) in [5.74, 6) is 0. The first-order valence-corrected chi connectivity index (χ1v) is 5.86. The van der Waals surface area contributed by atoms with E-state index in [9.17, 15) is 13.2 Å². The van der Waals surface area contributed by atoms with Gasteiger partial charge in [-0.25, -0.2) is 9.50 Å². The summed E-state index contributed by atoms with van der Waals surface area (Å²) in [6.07, 6.45) is -0.0726. The van der Waals surface area contributed by atoms with E-state index in [2.05, 4.69) is 15.1 Å². The van der Waals surface area contributed by atoms with Crippen LogP contribution in [0.5, 0.6) is 0 Å². The van der Waals surface area contributed by atoms with Gasteiger partial charge in [0.2, 0.25) is 0 Å². The molecule has 3 aromatic rings. The van der Waals surface area contributed by atoms with Crippen molar-refractivity contribution in [1.29, 1.82) is 0 Å². The average Bonchev–Trinajstić information content (AvgIpc) is 2.83. The van der Waals surface area contributed by atoms with E-state index in [1.807, 2.05) is 0 Å². The van der Waals surface area contributed by atoms with E-state index in [4.69, 9.17) is 11.6 Å². The van der Waals surface area contributed by atoms with E-state index in [1.165, 1.54) is 12.4 Å². The number of pyridine rings is 1. The number of halogens is 4. The zero-order valence-corrected chi connectivity index (χ0v) is 10.5. The van der Waals surface area contributed by atoms with Gasteiger partial charge in [-0.15, -0.1) is 0 Å². The van der Waals surface area contributed by atoms with Crippen molar-refractivity contribution < 1.29 is 13.2 Å². The molecule has 8 heteroatoms. The lowest BCUT2D eigenvalue weighted by Crippen LogP contribution is -2.10. The van der Waals surface area contributed by atoms with Gasteiger partial charge in [0.1, 0.15) is 10.8 Å². The highest BCUT2D eigenvalue weighted by Crippen LogP contribution is 2.32. The third-order valence-corrected chi connectivity index (χ3v) is 2.96. The maximum Gasteiger partial charge on any atom is 0.433 e. The highest BCUT2D eigenvalue weighted by molar-refractivity contribution is 6.29. The van der Waals surface area contributed by atoms with Crippen molar-refractivity contribution in [3.63, 3.8) is 0 Å². The Kier molecular flexibility index (Phi) is 2.86. The zero-order valence-electron chi connectivity index (χ0n) is 9.76. The van der Waals surface area contributed by atoms with Gasteiger partial charge in [-0.1, -0.05) is 17.7 Å². The van der Waals surface area contributed by atoms with Crippen molar-refractivity contribution in [2.24, 2.45) is 0 Å². The lowest BCUT2D eigenvalue weighted by molar-refractivity contribution is -0.141. The maximum absolute atomic E-state index is 12.8. The Balaban J connectivity index is 2.28. The van der Waals surface area contributed by atoms with Crippen LogP contribution >= 0.6 is 11.6 Å². The Morgan fingerprint density at radius 2 is 2.00 bits per heavy atom. The molecule has 4 nitrogen and oxygen atoms in total. The first kappa shape index (κ1) is 12.9. The molecule has 3 heterocycles. The Morgan fingerprint density at radius 1 is 1.20 bits per heavy atom. The third-order valence-electron chi connectivity index (χ3n) is 2.69. The smallest absolute Gasteiger partial charge is 0.264 e. The molecular weight excluding hydrogens is 293 g/mol. The molecule has 0 N–H and O–H groups in total. The van der Waals surface area contributed by atoms with Crippen molar-refractivity contribution in [1.82, 2.24) is 19.6 Å². The van der Waals surface area contributed by atoms with Gasteiger partial charge in [0, 0.05) is 29.6 Å². The van der Waals surface area contributed by atoms with Crippen LogP contribution < -0.4 is 0 Å². The molecule has 0 fully saturated rings. The molecule has 0 aliphatic heterocycles. The third kappa shape index (κ3) is 2.09. The molecule has 0 atom stereocenters. The average molecular weight is 299 g/mol. The SMILES string of the molecule is FC(F)(F)c1cc(Cl)n2ncc(-c3cccnc3)c2n1. The Morgan fingerprint density at radius 3 is 2.65 bits per heavy atom. The fraction of sp³-hybridized carbons (Fsp3) is 0.0833. The second-order valence-electron chi connectivity index (χ2n) is 4.00. The van der Waals surface area contributed by atoms with Crippen molar-refractivity contribution in [2.75, 3.05) is 0 Å². The van der Waals surface area contributed by atoms with E-state index in [1.54, 1.807) is 18.3 Å². The van der Waals surface area contributed by atoms with E-state index in [0.717, 1.165) is 10.6 Å². The molecule has 20 heavy (non-hydrogen) atoms. The van der Waals surface area contributed by atoms with Crippen LogP contribution in [0.2, 0.25) is 5.15 Å². The largest absolute Gasteiger partial charge is 0.433 e. The monoisotopic (exact) mass is 298 g/mol. The van der Waals surface area contributed by atoms with Crippen LogP contribution in [-0.4, -0.2) is 19.6 Å². The first-order valence-electron chi connectivity index (χ1n) is 5.48. The van der Waals surface area contributed by atoms with Crippen LogP contribution in [-0.2, 0) is 6.18 Å². The van der Waals surface area contributed by atoms with Crippen LogP contribution in [0.3, 0.4) is 0 Å². The topological polar surface area (TPSA) is 43.1 Å². The van der Waals surface area contributed by atoms with Gasteiger partial charge in [0.05, 0.1) is 6.20 Å². The first-order chi connectivity index (χ1) is 9.47. The van der Waals surface area contributed by atoms with Crippen LogP contribution in [0, 0.1) is 0 Å². The molecule has 0 radical (unpaired) electrons. The molecular formula is C12H6ClF3N4. The highest BCUT2D eigenvalue weighted by atomic mass is 35.5. The zero-order chi connectivity index (χ0) is 14.3. The minimum atomic E-state index is -4.57. The summed E-state index contributed by atoms with van der Waals surface area (Å²) in [5.41, 5.74) is 0.0370. The molecule has 3 aromatic heterocycles. The van der Waals surface area contributed by atoms with Crippen molar-refractivity contribution in [2.45, 2.75) is 6.18 Å². The molecule has 0 saturated heterocycles. The summed E-state index contributed by atoms with van der Waals surface area (Å²) < 4.78 is 39.5. The van der Waals surface area contributed by atoms with Crippen LogP contribution in [0.25, 0.3) is 16.8 Å². The minimum absolute atomic E-state index is 0.0397. The summed E-state index contributed by atoms with van der Waals surface area (Å²) in [6.45, 7) is 0. The Labute approximate surface area is 115 Å². The van der Waals surface area contributed by atoms with Gasteiger partial charge in [-0.05, 0) is 6.07 Å². The molecule has 0 spiro atoms. The quantitative estimate of drug-likeness (QED) is 0.646. The number of rotatable bonds is 1. The predicted octanol–water partition coefficient (Wildman–Crippen LogP) is 3.46. The summed E-state index contributed by atoms with van der Waals surface area (Å²) in [6, 6.07) is 4.13. The lowest BCUT2D eigenvalue weighted by atomic mass is 10.1. The summed E-state index contributed by atoms with van der Waals surface area (Å²) in [4.78, 5) is 7.53. The number of nitrogens with zero attached hydrogens (tertiary/aromatic N) is 4. The maximum atomic E-state index is 12.8. The number of fused-ring (bicyclic) bond motifs is 1. The summed E-state index contributed by atoms with van der Waals surface area (Å²) in [5, 5.41) is 3.79. The van der Waals surface area contributed by atoms with Gasteiger partial charge >= 0.3 is 6.18 Å². The van der Waals surface area contributed by atoms with Crippen LogP contribution in [0.15, 0.2) is 36.8 Å². The van der Waals surface area contributed by atoms with Crippen molar-refractivity contribution in [3.05, 3.63) is 47.6 Å². The summed E-state index contributed by atoms with van der Waals surface area (Å²) in [7, 11) is 0. The van der Waals surface area contributed by atoms with E-state index >= 15 is 0 Å². The molecule has 0 aliphatic carbocycles. The molecule has 0 unspecified atom stereocenters. The molecule has 0 aliphatic rings. The number of hydrogen-bond donors (Lipinski definition) is 0. The van der Waals surface area contributed by atoms with Crippen LogP contribution in [0.4, 0.5) is 13.2 Å². The number of alkyl halides is 3. The van der Waals surface area contributed by atoms with Crippen LogP contribution in [0.1, 0.15) is 5.69 Å². The van der Waals surface area contributed by atoms with E-state index in [-0.39, 0.29) is 10.8 Å². The molecule has 102 valence electrons. The molecule has 0 amide bonds. The van der Waals surface area contributed by atoms with Crippen molar-refractivity contribution in [3.8, 4) is 11.1 Å². The number of aromatic nitrogens is 4. The second-order valence-corrected chi connectivity index (χ2v) is 4.38.